The van der Waals surface area contributed by atoms with Gasteiger partial charge in [0, 0.05) is 24.0 Å². The van der Waals surface area contributed by atoms with E-state index < -0.39 is 0 Å². The Morgan fingerprint density at radius 2 is 1.91 bits per heavy atom. The second-order valence-corrected chi connectivity index (χ2v) is 8.15. The first-order chi connectivity index (χ1) is 15.8. The highest BCUT2D eigenvalue weighted by molar-refractivity contribution is 5.50. The number of nitrogens with zero attached hydrogens (tertiary/aromatic N) is 2. The third kappa shape index (κ3) is 8.38. The number of aryl methyl sites for hydroxylation is 1. The van der Waals surface area contributed by atoms with E-state index in [1.807, 2.05) is 32.9 Å². The smallest absolute Gasteiger partial charge is 0.133 e. The van der Waals surface area contributed by atoms with Crippen molar-refractivity contribution in [3.63, 3.8) is 0 Å². The maximum absolute atomic E-state index is 4.23. The highest BCUT2D eigenvalue weighted by Gasteiger charge is 2.34. The molecule has 4 heteroatoms. The maximum atomic E-state index is 4.23. The number of hydrogen-bond donors (Lipinski definition) is 2. The van der Waals surface area contributed by atoms with Gasteiger partial charge in [0.2, 0.25) is 0 Å². The summed E-state index contributed by atoms with van der Waals surface area (Å²) >= 11 is 0. The average Bonchev–Trinajstić information content (AvgIpc) is 3.13. The van der Waals surface area contributed by atoms with Crippen molar-refractivity contribution in [1.82, 2.24) is 15.3 Å². The summed E-state index contributed by atoms with van der Waals surface area (Å²) < 4.78 is 0. The summed E-state index contributed by atoms with van der Waals surface area (Å²) in [6, 6.07) is 10.6. The standard InChI is InChI=1S/C24H28N4.C3H8.C2H6/c1-6-19-8-7-9-21(14-19)24(5)15-20(18(4)28-24)10-11-22(17(2)3)27-23-12-13-25-16-26-23;1-3-2;1-2/h7-14,16,28H,2,4,6,15H2,1,3,5H3,(H,25,26,27);3H2,1-2H3;1-2H3/b20-10+,22-11+;;. The third-order valence-electron chi connectivity index (χ3n) is 5.09. The summed E-state index contributed by atoms with van der Waals surface area (Å²) in [5, 5.41) is 6.90. The molecule has 1 aliphatic heterocycles. The Hall–Kier alpha value is -3.14. The summed E-state index contributed by atoms with van der Waals surface area (Å²) in [6.07, 6.45) is 10.6. The molecule has 0 radical (unpaired) electrons. The molecule has 0 saturated carbocycles. The van der Waals surface area contributed by atoms with Crippen molar-refractivity contribution in [3.8, 4) is 0 Å². The van der Waals surface area contributed by atoms with Crippen LogP contribution < -0.4 is 10.6 Å². The van der Waals surface area contributed by atoms with Gasteiger partial charge < -0.3 is 10.6 Å². The lowest BCUT2D eigenvalue weighted by atomic mass is 9.88. The first kappa shape index (κ1) is 27.9. The molecule has 0 bridgehead atoms. The van der Waals surface area contributed by atoms with E-state index in [2.05, 4.69) is 91.8 Å². The Labute approximate surface area is 201 Å². The zero-order valence-corrected chi connectivity index (χ0v) is 21.6. The van der Waals surface area contributed by atoms with Crippen LogP contribution in [0.1, 0.15) is 72.4 Å². The molecule has 0 spiro atoms. The Kier molecular flexibility index (Phi) is 11.9. The minimum atomic E-state index is -0.147. The fourth-order valence-corrected chi connectivity index (χ4v) is 3.39. The van der Waals surface area contributed by atoms with Gasteiger partial charge in [-0.05, 0) is 54.7 Å². The number of hydrogen-bond acceptors (Lipinski definition) is 4. The molecule has 178 valence electrons. The van der Waals surface area contributed by atoms with Gasteiger partial charge in [0.15, 0.2) is 0 Å². The van der Waals surface area contributed by atoms with Crippen LogP contribution in [0.5, 0.6) is 0 Å². The van der Waals surface area contributed by atoms with Gasteiger partial charge in [-0.15, -0.1) is 0 Å². The molecule has 2 N–H and O–H groups in total. The molecule has 1 atom stereocenters. The molecule has 2 heterocycles. The van der Waals surface area contributed by atoms with E-state index in [1.54, 1.807) is 6.20 Å². The van der Waals surface area contributed by atoms with Crippen LogP contribution in [0.4, 0.5) is 5.82 Å². The Bertz CT molecular complexity index is 957. The van der Waals surface area contributed by atoms with Gasteiger partial charge in [-0.25, -0.2) is 9.97 Å². The van der Waals surface area contributed by atoms with Gasteiger partial charge >= 0.3 is 0 Å². The number of aromatic nitrogens is 2. The van der Waals surface area contributed by atoms with E-state index in [-0.39, 0.29) is 5.54 Å². The Morgan fingerprint density at radius 1 is 1.21 bits per heavy atom. The quantitative estimate of drug-likeness (QED) is 0.446. The summed E-state index contributed by atoms with van der Waals surface area (Å²) in [5.74, 6) is 0.743. The molecule has 0 aliphatic carbocycles. The van der Waals surface area contributed by atoms with Crippen molar-refractivity contribution in [1.29, 1.82) is 0 Å². The summed E-state index contributed by atoms with van der Waals surface area (Å²) in [5.41, 5.74) is 6.50. The zero-order valence-electron chi connectivity index (χ0n) is 21.6. The number of anilines is 1. The van der Waals surface area contributed by atoms with Crippen LogP contribution in [0.25, 0.3) is 0 Å². The fraction of sp³-hybridized carbons (Fsp3) is 0.379. The van der Waals surface area contributed by atoms with Gasteiger partial charge in [0.1, 0.15) is 12.1 Å². The lowest BCUT2D eigenvalue weighted by Gasteiger charge is -2.25. The van der Waals surface area contributed by atoms with Crippen LogP contribution in [0.3, 0.4) is 0 Å². The molecule has 0 amide bonds. The predicted octanol–water partition coefficient (Wildman–Crippen LogP) is 7.70. The molecule has 1 fully saturated rings. The van der Waals surface area contributed by atoms with Gasteiger partial charge in [-0.2, -0.15) is 0 Å². The summed E-state index contributed by atoms with van der Waals surface area (Å²) in [7, 11) is 0. The lowest BCUT2D eigenvalue weighted by molar-refractivity contribution is 0.453. The minimum absolute atomic E-state index is 0.147. The number of nitrogens with one attached hydrogen (secondary N) is 2. The van der Waals surface area contributed by atoms with Crippen molar-refractivity contribution >= 4 is 5.82 Å². The summed E-state index contributed by atoms with van der Waals surface area (Å²) in [4.78, 5) is 8.17. The SMILES string of the molecule is C=C1NC(C)(c2cccc(CC)c2)C/C1=C\C=C(\Nc1ccncn1)C(=C)C.CC.CCC. The van der Waals surface area contributed by atoms with E-state index >= 15 is 0 Å². The number of allylic oxidation sites excluding steroid dienone is 4. The summed E-state index contributed by atoms with van der Waals surface area (Å²) in [6.45, 7) is 22.9. The Morgan fingerprint density at radius 3 is 2.48 bits per heavy atom. The molecule has 1 aliphatic rings. The second kappa shape index (κ2) is 14.1. The van der Waals surface area contributed by atoms with Crippen LogP contribution in [0, 0.1) is 0 Å². The Balaban J connectivity index is 0.00000101. The lowest BCUT2D eigenvalue weighted by Crippen LogP contribution is -2.32. The first-order valence-corrected chi connectivity index (χ1v) is 12.0. The van der Waals surface area contributed by atoms with Gasteiger partial charge in [0.05, 0.1) is 5.54 Å². The second-order valence-electron chi connectivity index (χ2n) is 8.15. The van der Waals surface area contributed by atoms with Crippen molar-refractivity contribution in [2.75, 3.05) is 5.32 Å². The number of benzene rings is 1. The van der Waals surface area contributed by atoms with Crippen molar-refractivity contribution in [2.45, 2.75) is 73.3 Å². The topological polar surface area (TPSA) is 49.8 Å². The predicted molar refractivity (Wildman–Crippen MR) is 144 cm³/mol. The zero-order chi connectivity index (χ0) is 24.9. The molecule has 1 unspecified atom stereocenters. The monoisotopic (exact) mass is 446 g/mol. The van der Waals surface area contributed by atoms with E-state index in [0.29, 0.717) is 0 Å². The van der Waals surface area contributed by atoms with Crippen LogP contribution >= 0.6 is 0 Å². The minimum Gasteiger partial charge on any atom is -0.376 e. The molecule has 4 nitrogen and oxygen atoms in total. The van der Waals surface area contributed by atoms with Crippen LogP contribution in [0.15, 0.2) is 90.7 Å². The molecule has 33 heavy (non-hydrogen) atoms. The largest absolute Gasteiger partial charge is 0.376 e. The molecular formula is C29H42N4. The fourth-order valence-electron chi connectivity index (χ4n) is 3.39. The average molecular weight is 447 g/mol. The maximum Gasteiger partial charge on any atom is 0.133 e. The van der Waals surface area contributed by atoms with Crippen molar-refractivity contribution in [3.05, 3.63) is 102 Å². The van der Waals surface area contributed by atoms with E-state index in [1.165, 1.54) is 29.4 Å². The van der Waals surface area contributed by atoms with Gasteiger partial charge in [-0.3, -0.25) is 0 Å². The first-order valence-electron chi connectivity index (χ1n) is 12.0. The van der Waals surface area contributed by atoms with E-state index in [0.717, 1.165) is 35.6 Å². The van der Waals surface area contributed by atoms with Gasteiger partial charge in [-0.1, -0.05) is 84.5 Å². The van der Waals surface area contributed by atoms with Crippen LogP contribution in [-0.4, -0.2) is 9.97 Å². The molecule has 1 saturated heterocycles. The van der Waals surface area contributed by atoms with Gasteiger partial charge in [0.25, 0.3) is 0 Å². The molecule has 1 aromatic carbocycles. The van der Waals surface area contributed by atoms with Crippen LogP contribution in [0.2, 0.25) is 0 Å². The van der Waals surface area contributed by atoms with Crippen LogP contribution in [-0.2, 0) is 12.0 Å². The van der Waals surface area contributed by atoms with Crippen molar-refractivity contribution in [2.24, 2.45) is 0 Å². The molecule has 2 aromatic rings. The van der Waals surface area contributed by atoms with Crippen molar-refractivity contribution < 1.29 is 0 Å². The third-order valence-corrected chi connectivity index (χ3v) is 5.09. The highest BCUT2D eigenvalue weighted by Crippen LogP contribution is 2.38. The molecule has 3 rings (SSSR count). The molecular weight excluding hydrogens is 404 g/mol. The van der Waals surface area contributed by atoms with E-state index in [9.17, 15) is 0 Å². The molecule has 1 aromatic heterocycles. The highest BCUT2D eigenvalue weighted by atomic mass is 15.0. The number of rotatable bonds is 6. The van der Waals surface area contributed by atoms with E-state index in [4.69, 9.17) is 0 Å². The normalized spacial score (nSPS) is 18.5.